The third kappa shape index (κ3) is 3.37. The van der Waals surface area contributed by atoms with E-state index in [2.05, 4.69) is 5.32 Å². The molecular formula is C12H14N2O2. The van der Waals surface area contributed by atoms with E-state index >= 15 is 0 Å². The van der Waals surface area contributed by atoms with Crippen LogP contribution in [0.4, 0.5) is 0 Å². The molecule has 0 aliphatic heterocycles. The molecule has 4 nitrogen and oxygen atoms in total. The van der Waals surface area contributed by atoms with Crippen molar-refractivity contribution in [3.8, 4) is 6.07 Å². The van der Waals surface area contributed by atoms with Gasteiger partial charge in [0.2, 0.25) is 0 Å². The van der Waals surface area contributed by atoms with Crippen LogP contribution in [0.5, 0.6) is 0 Å². The first kappa shape index (κ1) is 12.2. The zero-order valence-corrected chi connectivity index (χ0v) is 9.10. The third-order valence-corrected chi connectivity index (χ3v) is 2.15. The Bertz CT molecular complexity index is 392. The molecule has 1 rings (SSSR count). The van der Waals surface area contributed by atoms with Crippen molar-refractivity contribution in [2.24, 2.45) is 0 Å². The van der Waals surface area contributed by atoms with Crippen LogP contribution in [-0.4, -0.2) is 23.7 Å². The zero-order chi connectivity index (χ0) is 12.0. The lowest BCUT2D eigenvalue weighted by Gasteiger charge is -2.10. The fourth-order valence-corrected chi connectivity index (χ4v) is 1.22. The van der Waals surface area contributed by atoms with Crippen molar-refractivity contribution < 1.29 is 9.90 Å². The zero-order valence-electron chi connectivity index (χ0n) is 9.10. The molecule has 0 saturated heterocycles. The smallest absolute Gasteiger partial charge is 0.251 e. The van der Waals surface area contributed by atoms with Gasteiger partial charge in [0.05, 0.1) is 19.1 Å². The fourth-order valence-electron chi connectivity index (χ4n) is 1.22. The third-order valence-electron chi connectivity index (χ3n) is 2.15. The van der Waals surface area contributed by atoms with E-state index in [1.54, 1.807) is 31.2 Å². The molecule has 0 fully saturated rings. The average Bonchev–Trinajstić information content (AvgIpc) is 2.30. The van der Waals surface area contributed by atoms with E-state index in [4.69, 9.17) is 10.4 Å². The minimum Gasteiger partial charge on any atom is -0.394 e. The van der Waals surface area contributed by atoms with E-state index in [1.807, 2.05) is 6.07 Å². The quantitative estimate of drug-likeness (QED) is 0.787. The van der Waals surface area contributed by atoms with Crippen LogP contribution in [0, 0.1) is 11.3 Å². The van der Waals surface area contributed by atoms with Crippen LogP contribution in [0.2, 0.25) is 0 Å². The molecule has 0 aromatic heterocycles. The lowest BCUT2D eigenvalue weighted by Crippen LogP contribution is -2.34. The van der Waals surface area contributed by atoms with Crippen molar-refractivity contribution in [2.75, 3.05) is 6.61 Å². The molecule has 0 heterocycles. The van der Waals surface area contributed by atoms with Gasteiger partial charge in [0.25, 0.3) is 5.91 Å². The van der Waals surface area contributed by atoms with Gasteiger partial charge < -0.3 is 10.4 Å². The van der Waals surface area contributed by atoms with E-state index in [0.717, 1.165) is 5.56 Å². The van der Waals surface area contributed by atoms with Crippen molar-refractivity contribution in [3.63, 3.8) is 0 Å². The topological polar surface area (TPSA) is 73.1 Å². The van der Waals surface area contributed by atoms with Crippen molar-refractivity contribution in [2.45, 2.75) is 19.4 Å². The van der Waals surface area contributed by atoms with E-state index in [9.17, 15) is 4.79 Å². The Labute approximate surface area is 94.5 Å². The summed E-state index contributed by atoms with van der Waals surface area (Å²) >= 11 is 0. The molecule has 1 aromatic carbocycles. The molecule has 84 valence electrons. The predicted molar refractivity (Wildman–Crippen MR) is 59.8 cm³/mol. The number of benzene rings is 1. The number of amides is 1. The summed E-state index contributed by atoms with van der Waals surface area (Å²) in [4.78, 5) is 11.6. The van der Waals surface area contributed by atoms with Gasteiger partial charge in [-0.3, -0.25) is 4.79 Å². The van der Waals surface area contributed by atoms with Gasteiger partial charge in [-0.25, -0.2) is 0 Å². The molecule has 1 atom stereocenters. The van der Waals surface area contributed by atoms with Gasteiger partial charge in [0, 0.05) is 11.6 Å². The first-order chi connectivity index (χ1) is 7.67. The van der Waals surface area contributed by atoms with Gasteiger partial charge in [0.15, 0.2) is 0 Å². The van der Waals surface area contributed by atoms with Gasteiger partial charge in [-0.1, -0.05) is 12.1 Å². The van der Waals surface area contributed by atoms with Crippen LogP contribution in [0.15, 0.2) is 24.3 Å². The van der Waals surface area contributed by atoms with Crippen molar-refractivity contribution in [1.82, 2.24) is 5.32 Å². The van der Waals surface area contributed by atoms with Gasteiger partial charge in [-0.15, -0.1) is 0 Å². The maximum atomic E-state index is 11.6. The van der Waals surface area contributed by atoms with Crippen LogP contribution in [0.3, 0.4) is 0 Å². The van der Waals surface area contributed by atoms with Crippen molar-refractivity contribution >= 4 is 5.91 Å². The van der Waals surface area contributed by atoms with Crippen LogP contribution in [0.25, 0.3) is 0 Å². The Hall–Kier alpha value is -1.86. The number of hydrogen-bond acceptors (Lipinski definition) is 3. The summed E-state index contributed by atoms with van der Waals surface area (Å²) < 4.78 is 0. The maximum Gasteiger partial charge on any atom is 0.251 e. The number of carbonyl (C=O) groups excluding carboxylic acids is 1. The minimum atomic E-state index is -0.258. The molecule has 2 N–H and O–H groups in total. The van der Waals surface area contributed by atoms with Crippen molar-refractivity contribution in [3.05, 3.63) is 35.4 Å². The Morgan fingerprint density at radius 3 is 2.62 bits per heavy atom. The number of nitrogens with zero attached hydrogens (tertiary/aromatic N) is 1. The summed E-state index contributed by atoms with van der Waals surface area (Å²) in [7, 11) is 0. The number of aliphatic hydroxyl groups excluding tert-OH is 1. The summed E-state index contributed by atoms with van der Waals surface area (Å²) in [5.41, 5.74) is 1.41. The summed E-state index contributed by atoms with van der Waals surface area (Å²) in [5, 5.41) is 19.9. The molecule has 0 radical (unpaired) electrons. The highest BCUT2D eigenvalue weighted by Gasteiger charge is 2.08. The minimum absolute atomic E-state index is 0.0851. The molecule has 1 aromatic rings. The SMILES string of the molecule is CC(CO)NC(=O)c1ccc(CC#N)cc1. The second-order valence-electron chi connectivity index (χ2n) is 3.59. The van der Waals surface area contributed by atoms with Crippen LogP contribution < -0.4 is 5.32 Å². The van der Waals surface area contributed by atoms with E-state index in [-0.39, 0.29) is 18.6 Å². The molecule has 0 bridgehead atoms. The maximum absolute atomic E-state index is 11.6. The molecule has 0 aliphatic carbocycles. The standard InChI is InChI=1S/C12H14N2O2/c1-9(8-15)14-12(16)11-4-2-10(3-5-11)6-7-13/h2-5,9,15H,6,8H2,1H3,(H,14,16). The summed E-state index contributed by atoms with van der Waals surface area (Å²) in [6.07, 6.45) is 0.342. The number of carbonyl (C=O) groups is 1. The fraction of sp³-hybridized carbons (Fsp3) is 0.333. The van der Waals surface area contributed by atoms with Crippen molar-refractivity contribution in [1.29, 1.82) is 5.26 Å². The number of nitrogens with one attached hydrogen (secondary N) is 1. The van der Waals surface area contributed by atoms with Gasteiger partial charge in [-0.2, -0.15) is 5.26 Å². The lowest BCUT2D eigenvalue weighted by atomic mass is 10.1. The number of hydrogen-bond donors (Lipinski definition) is 2. The Morgan fingerprint density at radius 2 is 2.12 bits per heavy atom. The number of aliphatic hydroxyl groups is 1. The molecule has 4 heteroatoms. The van der Waals surface area contributed by atoms with Crippen LogP contribution >= 0.6 is 0 Å². The molecular weight excluding hydrogens is 204 g/mol. The van der Waals surface area contributed by atoms with Gasteiger partial charge in [0.1, 0.15) is 0 Å². The highest BCUT2D eigenvalue weighted by atomic mass is 16.3. The highest BCUT2D eigenvalue weighted by Crippen LogP contribution is 2.05. The van der Waals surface area contributed by atoms with E-state index in [0.29, 0.717) is 12.0 Å². The monoisotopic (exact) mass is 218 g/mol. The second kappa shape index (κ2) is 5.89. The summed E-state index contributed by atoms with van der Waals surface area (Å²) in [5.74, 6) is -0.218. The number of rotatable bonds is 4. The largest absolute Gasteiger partial charge is 0.394 e. The second-order valence-corrected chi connectivity index (χ2v) is 3.59. The Balaban J connectivity index is 2.67. The molecule has 0 aliphatic rings. The molecule has 0 spiro atoms. The highest BCUT2D eigenvalue weighted by molar-refractivity contribution is 5.94. The van der Waals surface area contributed by atoms with Crippen LogP contribution in [-0.2, 0) is 6.42 Å². The van der Waals surface area contributed by atoms with Gasteiger partial charge >= 0.3 is 0 Å². The molecule has 0 saturated carbocycles. The van der Waals surface area contributed by atoms with Gasteiger partial charge in [-0.05, 0) is 24.6 Å². The summed E-state index contributed by atoms with van der Waals surface area (Å²) in [6, 6.07) is 8.63. The average molecular weight is 218 g/mol. The lowest BCUT2D eigenvalue weighted by molar-refractivity contribution is 0.0922. The van der Waals surface area contributed by atoms with E-state index in [1.165, 1.54) is 0 Å². The normalized spacial score (nSPS) is 11.6. The number of nitriles is 1. The molecule has 1 amide bonds. The molecule has 16 heavy (non-hydrogen) atoms. The summed E-state index contributed by atoms with van der Waals surface area (Å²) in [6.45, 7) is 1.64. The Morgan fingerprint density at radius 1 is 1.50 bits per heavy atom. The first-order valence-corrected chi connectivity index (χ1v) is 5.05. The molecule has 1 unspecified atom stereocenters. The Kier molecular flexibility index (Phi) is 4.49. The predicted octanol–water partition coefficient (Wildman–Crippen LogP) is 0.863. The van der Waals surface area contributed by atoms with Crippen LogP contribution in [0.1, 0.15) is 22.8 Å². The van der Waals surface area contributed by atoms with E-state index < -0.39 is 0 Å². The first-order valence-electron chi connectivity index (χ1n) is 5.05.